The maximum Gasteiger partial charge on any atom is 0.326 e. The van der Waals surface area contributed by atoms with Gasteiger partial charge in [-0.25, -0.2) is 4.79 Å². The fourth-order valence-corrected chi connectivity index (χ4v) is 2.62. The molecule has 1 aromatic rings. The van der Waals surface area contributed by atoms with Gasteiger partial charge in [-0.05, 0) is 23.6 Å². The van der Waals surface area contributed by atoms with E-state index in [1.807, 2.05) is 18.2 Å². The van der Waals surface area contributed by atoms with Crippen LogP contribution in [0.5, 0.6) is 0 Å². The maximum atomic E-state index is 11.7. The lowest BCUT2D eigenvalue weighted by molar-refractivity contribution is -0.142. The first-order valence-electron chi connectivity index (χ1n) is 6.24. The molecule has 0 aliphatic carbocycles. The zero-order valence-corrected chi connectivity index (χ0v) is 13.0. The summed E-state index contributed by atoms with van der Waals surface area (Å²) in [5.74, 6) is -0.531. The Bertz CT molecular complexity index is 479. The summed E-state index contributed by atoms with van der Waals surface area (Å²) < 4.78 is 0. The van der Waals surface area contributed by atoms with Crippen molar-refractivity contribution >= 4 is 35.2 Å². The van der Waals surface area contributed by atoms with E-state index in [0.717, 1.165) is 5.56 Å². The molecule has 0 heterocycles. The first kappa shape index (κ1) is 16.9. The highest BCUT2D eigenvalue weighted by Gasteiger charge is 2.22. The molecule has 2 N–H and O–H groups in total. The Balaban J connectivity index is 2.38. The Kier molecular flexibility index (Phi) is 6.88. The number of hydrogen-bond donors (Lipinski definition) is 2. The van der Waals surface area contributed by atoms with E-state index in [1.165, 1.54) is 11.8 Å². The van der Waals surface area contributed by atoms with Crippen LogP contribution in [0, 0.1) is 5.92 Å². The highest BCUT2D eigenvalue weighted by atomic mass is 35.5. The normalized spacial score (nSPS) is 12.2. The number of thioether (sulfide) groups is 1. The number of amides is 1. The van der Waals surface area contributed by atoms with Gasteiger partial charge in [0.15, 0.2) is 0 Å². The van der Waals surface area contributed by atoms with Gasteiger partial charge >= 0.3 is 5.97 Å². The fraction of sp³-hybridized carbons (Fsp3) is 0.429. The average molecular weight is 316 g/mol. The summed E-state index contributed by atoms with van der Waals surface area (Å²) in [5, 5.41) is 12.2. The molecule has 1 aromatic carbocycles. The van der Waals surface area contributed by atoms with Crippen LogP contribution in [0.25, 0.3) is 0 Å². The van der Waals surface area contributed by atoms with Gasteiger partial charge in [-0.3, -0.25) is 4.79 Å². The van der Waals surface area contributed by atoms with Crippen LogP contribution < -0.4 is 5.32 Å². The molecule has 0 fully saturated rings. The standard InChI is InChI=1S/C14H18ClNO3S/c1-9(2)13(14(18)19)16-12(17)8-20-7-10-4-3-5-11(15)6-10/h3-6,9,13H,7-8H2,1-2H3,(H,16,17)(H,18,19)/t13-/m1/s1. The SMILES string of the molecule is CC(C)[C@@H](NC(=O)CSCc1cccc(Cl)c1)C(=O)O. The lowest BCUT2D eigenvalue weighted by atomic mass is 10.1. The molecule has 4 nitrogen and oxygen atoms in total. The number of carboxylic acid groups (broad SMARTS) is 1. The number of rotatable bonds is 7. The zero-order valence-electron chi connectivity index (χ0n) is 11.4. The third-order valence-corrected chi connectivity index (χ3v) is 3.88. The molecular formula is C14H18ClNO3S. The lowest BCUT2D eigenvalue weighted by Gasteiger charge is -2.17. The molecule has 20 heavy (non-hydrogen) atoms. The van der Waals surface area contributed by atoms with Crippen LogP contribution in [0.1, 0.15) is 19.4 Å². The number of aliphatic carboxylic acids is 1. The molecule has 0 saturated heterocycles. The first-order valence-corrected chi connectivity index (χ1v) is 7.77. The minimum absolute atomic E-state index is 0.144. The van der Waals surface area contributed by atoms with Crippen molar-refractivity contribution in [1.82, 2.24) is 5.32 Å². The molecule has 0 aliphatic heterocycles. The summed E-state index contributed by atoms with van der Waals surface area (Å²) in [5.41, 5.74) is 1.04. The molecule has 0 saturated carbocycles. The smallest absolute Gasteiger partial charge is 0.326 e. The molecule has 1 rings (SSSR count). The zero-order chi connectivity index (χ0) is 15.1. The molecule has 0 aliphatic rings. The monoisotopic (exact) mass is 315 g/mol. The molecule has 0 unspecified atom stereocenters. The minimum atomic E-state index is -1.01. The summed E-state index contributed by atoms with van der Waals surface area (Å²) in [6, 6.07) is 6.60. The first-order chi connectivity index (χ1) is 9.40. The van der Waals surface area contributed by atoms with Gasteiger partial charge in [0.1, 0.15) is 6.04 Å². The second-order valence-electron chi connectivity index (χ2n) is 4.75. The van der Waals surface area contributed by atoms with Crippen LogP contribution in [0.3, 0.4) is 0 Å². The van der Waals surface area contributed by atoms with Crippen LogP contribution in [0.2, 0.25) is 5.02 Å². The third kappa shape index (κ3) is 5.84. The largest absolute Gasteiger partial charge is 0.480 e. The third-order valence-electron chi connectivity index (χ3n) is 2.64. The van der Waals surface area contributed by atoms with E-state index < -0.39 is 12.0 Å². The Morgan fingerprint density at radius 2 is 2.10 bits per heavy atom. The Labute approximate surface area is 127 Å². The van der Waals surface area contributed by atoms with Crippen molar-refractivity contribution in [3.05, 3.63) is 34.9 Å². The van der Waals surface area contributed by atoms with Gasteiger partial charge in [-0.15, -0.1) is 11.8 Å². The predicted molar refractivity (Wildman–Crippen MR) is 82.0 cm³/mol. The van der Waals surface area contributed by atoms with Gasteiger partial charge in [0.25, 0.3) is 0 Å². The second kappa shape index (κ2) is 8.17. The van der Waals surface area contributed by atoms with Gasteiger partial charge < -0.3 is 10.4 Å². The molecule has 0 bridgehead atoms. The number of nitrogens with one attached hydrogen (secondary N) is 1. The van der Waals surface area contributed by atoms with E-state index in [0.29, 0.717) is 10.8 Å². The van der Waals surface area contributed by atoms with Gasteiger partial charge in [-0.2, -0.15) is 0 Å². The number of carboxylic acids is 1. The van der Waals surface area contributed by atoms with Crippen molar-refractivity contribution < 1.29 is 14.7 Å². The van der Waals surface area contributed by atoms with Gasteiger partial charge in [0, 0.05) is 10.8 Å². The van der Waals surface area contributed by atoms with Crippen molar-refractivity contribution in [2.45, 2.75) is 25.6 Å². The summed E-state index contributed by atoms with van der Waals surface area (Å²) in [6.45, 7) is 3.52. The van der Waals surface area contributed by atoms with Gasteiger partial charge in [-0.1, -0.05) is 37.6 Å². The van der Waals surface area contributed by atoms with Crippen molar-refractivity contribution in [3.63, 3.8) is 0 Å². The second-order valence-corrected chi connectivity index (χ2v) is 6.17. The Hall–Kier alpha value is -1.20. The average Bonchev–Trinajstić information content (AvgIpc) is 2.35. The summed E-state index contributed by atoms with van der Waals surface area (Å²) in [6.07, 6.45) is 0. The molecule has 1 atom stereocenters. The molecule has 110 valence electrons. The lowest BCUT2D eigenvalue weighted by Crippen LogP contribution is -2.45. The molecular weight excluding hydrogens is 298 g/mol. The number of hydrogen-bond acceptors (Lipinski definition) is 3. The summed E-state index contributed by atoms with van der Waals surface area (Å²) >= 11 is 7.30. The summed E-state index contributed by atoms with van der Waals surface area (Å²) in [4.78, 5) is 22.7. The van der Waals surface area contributed by atoms with E-state index in [2.05, 4.69) is 5.32 Å². The van der Waals surface area contributed by atoms with E-state index in [1.54, 1.807) is 19.9 Å². The molecule has 0 aromatic heterocycles. The fourth-order valence-electron chi connectivity index (χ4n) is 1.62. The van der Waals surface area contributed by atoms with Crippen molar-refractivity contribution in [2.75, 3.05) is 5.75 Å². The Morgan fingerprint density at radius 1 is 1.40 bits per heavy atom. The predicted octanol–water partition coefficient (Wildman–Crippen LogP) is 2.80. The Morgan fingerprint density at radius 3 is 2.65 bits per heavy atom. The molecule has 0 spiro atoms. The van der Waals surface area contributed by atoms with Crippen molar-refractivity contribution in [3.8, 4) is 0 Å². The van der Waals surface area contributed by atoms with Gasteiger partial charge in [0.05, 0.1) is 5.75 Å². The topological polar surface area (TPSA) is 66.4 Å². The number of carbonyl (C=O) groups is 2. The van der Waals surface area contributed by atoms with Crippen LogP contribution in [-0.4, -0.2) is 28.8 Å². The van der Waals surface area contributed by atoms with Crippen molar-refractivity contribution in [2.24, 2.45) is 5.92 Å². The number of benzene rings is 1. The maximum absolute atomic E-state index is 11.7. The van der Waals surface area contributed by atoms with Crippen molar-refractivity contribution in [1.29, 1.82) is 0 Å². The quantitative estimate of drug-likeness (QED) is 0.812. The van der Waals surface area contributed by atoms with Crippen LogP contribution in [-0.2, 0) is 15.3 Å². The highest BCUT2D eigenvalue weighted by Crippen LogP contribution is 2.16. The molecule has 1 amide bonds. The van der Waals surface area contributed by atoms with E-state index in [-0.39, 0.29) is 17.6 Å². The minimum Gasteiger partial charge on any atom is -0.480 e. The van der Waals surface area contributed by atoms with Crippen LogP contribution in [0.4, 0.5) is 0 Å². The van der Waals surface area contributed by atoms with E-state index in [4.69, 9.17) is 16.7 Å². The van der Waals surface area contributed by atoms with Gasteiger partial charge in [0.2, 0.25) is 5.91 Å². The van der Waals surface area contributed by atoms with E-state index >= 15 is 0 Å². The number of carbonyl (C=O) groups excluding carboxylic acids is 1. The van der Waals surface area contributed by atoms with Crippen LogP contribution >= 0.6 is 23.4 Å². The molecule has 6 heteroatoms. The summed E-state index contributed by atoms with van der Waals surface area (Å²) in [7, 11) is 0. The van der Waals surface area contributed by atoms with Crippen LogP contribution in [0.15, 0.2) is 24.3 Å². The highest BCUT2D eigenvalue weighted by molar-refractivity contribution is 7.99. The number of halogens is 1. The van der Waals surface area contributed by atoms with E-state index in [9.17, 15) is 9.59 Å². The molecule has 0 radical (unpaired) electrons.